The average molecular weight is 408 g/mol. The lowest BCUT2D eigenvalue weighted by Gasteiger charge is -2.34. The van der Waals surface area contributed by atoms with Crippen LogP contribution in [-0.4, -0.2) is 60.0 Å². The first-order valence-corrected chi connectivity index (χ1v) is 11.1. The number of aliphatic hydroxyl groups excluding tert-OH is 1. The Morgan fingerprint density at radius 3 is 2.45 bits per heavy atom. The summed E-state index contributed by atoms with van der Waals surface area (Å²) in [6.45, 7) is 6.37. The highest BCUT2D eigenvalue weighted by Crippen LogP contribution is 2.45. The molecule has 0 aromatic heterocycles. The Kier molecular flexibility index (Phi) is 8.68. The highest BCUT2D eigenvalue weighted by atomic mass is 16.3. The van der Waals surface area contributed by atoms with Crippen LogP contribution in [0.15, 0.2) is 12.2 Å². The normalized spacial score (nSPS) is 29.5. The van der Waals surface area contributed by atoms with Crippen LogP contribution >= 0.6 is 0 Å². The Morgan fingerprint density at radius 2 is 1.90 bits per heavy atom. The van der Waals surface area contributed by atoms with E-state index in [0.29, 0.717) is 13.0 Å². The highest BCUT2D eigenvalue weighted by Gasteiger charge is 2.58. The second kappa shape index (κ2) is 10.8. The molecule has 0 bridgehead atoms. The van der Waals surface area contributed by atoms with Crippen molar-refractivity contribution < 1.29 is 19.5 Å². The summed E-state index contributed by atoms with van der Waals surface area (Å²) in [5, 5.41) is 15.6. The number of rotatable bonds is 10. The number of amides is 3. The molecule has 1 fully saturated rings. The lowest BCUT2D eigenvalue weighted by atomic mass is 9.69. The number of carbonyl (C=O) groups is 3. The van der Waals surface area contributed by atoms with Crippen molar-refractivity contribution in [3.05, 3.63) is 12.2 Å². The van der Waals surface area contributed by atoms with Crippen molar-refractivity contribution in [1.29, 1.82) is 0 Å². The molecular weight excluding hydrogens is 370 g/mol. The number of allylic oxidation sites excluding steroid dienone is 1. The zero-order chi connectivity index (χ0) is 21.6. The van der Waals surface area contributed by atoms with Crippen molar-refractivity contribution in [2.24, 2.45) is 23.7 Å². The van der Waals surface area contributed by atoms with E-state index in [9.17, 15) is 19.5 Å². The first-order chi connectivity index (χ1) is 14.0. The van der Waals surface area contributed by atoms with Gasteiger partial charge in [-0.1, -0.05) is 45.8 Å². The summed E-state index contributed by atoms with van der Waals surface area (Å²) < 4.78 is 0. The number of fused-ring (bicyclic) bond motifs is 1. The molecule has 0 saturated carbocycles. The van der Waals surface area contributed by atoms with Crippen LogP contribution in [0.25, 0.3) is 0 Å². The SMILES string of the molecule is CCCCCNC(=O)[C@@H]1[C@H]2C=C[C@@H](CC)[C@@H](C(=O)NC)[C@H]2C(=O)N1[C@@H](CC)CO. The van der Waals surface area contributed by atoms with Gasteiger partial charge in [0.05, 0.1) is 24.5 Å². The van der Waals surface area contributed by atoms with E-state index in [1.165, 1.54) is 0 Å². The molecule has 1 aliphatic carbocycles. The molecule has 0 aromatic carbocycles. The second-order valence-electron chi connectivity index (χ2n) is 8.13. The molecular formula is C22H37N3O4. The summed E-state index contributed by atoms with van der Waals surface area (Å²) in [5.74, 6) is -2.02. The van der Waals surface area contributed by atoms with Crippen molar-refractivity contribution in [3.63, 3.8) is 0 Å². The summed E-state index contributed by atoms with van der Waals surface area (Å²) in [7, 11) is 1.58. The molecule has 2 aliphatic rings. The molecule has 7 nitrogen and oxygen atoms in total. The van der Waals surface area contributed by atoms with E-state index in [2.05, 4.69) is 17.6 Å². The van der Waals surface area contributed by atoms with Gasteiger partial charge in [-0.3, -0.25) is 14.4 Å². The van der Waals surface area contributed by atoms with Crippen LogP contribution in [-0.2, 0) is 14.4 Å². The minimum absolute atomic E-state index is 0.0393. The molecule has 0 unspecified atom stereocenters. The number of hydrogen-bond acceptors (Lipinski definition) is 4. The lowest BCUT2D eigenvalue weighted by Crippen LogP contribution is -2.52. The van der Waals surface area contributed by atoms with Crippen molar-refractivity contribution >= 4 is 17.7 Å². The average Bonchev–Trinajstić information content (AvgIpc) is 3.03. The van der Waals surface area contributed by atoms with Crippen molar-refractivity contribution in [3.8, 4) is 0 Å². The standard InChI is InChI=1S/C22H37N3O4/c1-5-8-9-12-24-21(28)19-16-11-10-14(6-2)17(20(27)23-4)18(16)22(29)25(19)15(7-3)13-26/h10-11,14-19,26H,5-9,12-13H2,1-4H3,(H,23,27)(H,24,28)/t14-,15+,16+,17-,18+,19+/m1/s1. The van der Waals surface area contributed by atoms with E-state index in [1.54, 1.807) is 11.9 Å². The number of aliphatic hydroxyl groups is 1. The van der Waals surface area contributed by atoms with Gasteiger partial charge in [0.25, 0.3) is 0 Å². The first-order valence-electron chi connectivity index (χ1n) is 11.1. The summed E-state index contributed by atoms with van der Waals surface area (Å²) >= 11 is 0. The third kappa shape index (κ3) is 4.65. The molecule has 7 heteroatoms. The Labute approximate surface area is 174 Å². The third-order valence-electron chi connectivity index (χ3n) is 6.49. The maximum Gasteiger partial charge on any atom is 0.243 e. The predicted molar refractivity (Wildman–Crippen MR) is 112 cm³/mol. The maximum absolute atomic E-state index is 13.5. The minimum Gasteiger partial charge on any atom is -0.394 e. The van der Waals surface area contributed by atoms with Gasteiger partial charge in [0.2, 0.25) is 17.7 Å². The van der Waals surface area contributed by atoms with Crippen LogP contribution in [0.3, 0.4) is 0 Å². The van der Waals surface area contributed by atoms with Gasteiger partial charge in [0.1, 0.15) is 6.04 Å². The van der Waals surface area contributed by atoms with E-state index < -0.39 is 23.9 Å². The topological polar surface area (TPSA) is 98.7 Å². The van der Waals surface area contributed by atoms with E-state index in [4.69, 9.17) is 0 Å². The number of nitrogens with one attached hydrogen (secondary N) is 2. The Balaban J connectivity index is 2.39. The second-order valence-corrected chi connectivity index (χ2v) is 8.13. The zero-order valence-corrected chi connectivity index (χ0v) is 18.2. The quantitative estimate of drug-likeness (QED) is 0.377. The van der Waals surface area contributed by atoms with Crippen LogP contribution < -0.4 is 10.6 Å². The monoisotopic (exact) mass is 407 g/mol. The Bertz CT molecular complexity index is 617. The largest absolute Gasteiger partial charge is 0.394 e. The van der Waals surface area contributed by atoms with Crippen molar-refractivity contribution in [2.75, 3.05) is 20.2 Å². The third-order valence-corrected chi connectivity index (χ3v) is 6.49. The van der Waals surface area contributed by atoms with Gasteiger partial charge in [-0.25, -0.2) is 0 Å². The minimum atomic E-state index is -0.688. The molecule has 1 heterocycles. The fourth-order valence-electron chi connectivity index (χ4n) is 4.86. The Hall–Kier alpha value is -1.89. The van der Waals surface area contributed by atoms with E-state index in [-0.39, 0.29) is 36.2 Å². The highest BCUT2D eigenvalue weighted by molar-refractivity contribution is 5.97. The molecule has 29 heavy (non-hydrogen) atoms. The number of unbranched alkanes of at least 4 members (excludes halogenated alkanes) is 2. The maximum atomic E-state index is 13.5. The molecule has 3 amide bonds. The Morgan fingerprint density at radius 1 is 1.17 bits per heavy atom. The first kappa shape index (κ1) is 23.4. The summed E-state index contributed by atoms with van der Waals surface area (Å²) in [5.41, 5.74) is 0. The van der Waals surface area contributed by atoms with Crippen molar-refractivity contribution in [2.45, 2.75) is 65.0 Å². The molecule has 6 atom stereocenters. The van der Waals surface area contributed by atoms with Crippen LogP contribution in [0.1, 0.15) is 52.9 Å². The van der Waals surface area contributed by atoms with Crippen LogP contribution in [0.5, 0.6) is 0 Å². The van der Waals surface area contributed by atoms with Crippen molar-refractivity contribution in [1.82, 2.24) is 15.5 Å². The zero-order valence-electron chi connectivity index (χ0n) is 18.2. The van der Waals surface area contributed by atoms with E-state index in [1.807, 2.05) is 26.0 Å². The number of nitrogens with zero attached hydrogens (tertiary/aromatic N) is 1. The molecule has 1 saturated heterocycles. The van der Waals surface area contributed by atoms with Gasteiger partial charge in [0.15, 0.2) is 0 Å². The summed E-state index contributed by atoms with van der Waals surface area (Å²) in [6, 6.07) is -1.12. The van der Waals surface area contributed by atoms with E-state index in [0.717, 1.165) is 25.7 Å². The van der Waals surface area contributed by atoms with Gasteiger partial charge in [-0.15, -0.1) is 0 Å². The van der Waals surface area contributed by atoms with Crippen LogP contribution in [0, 0.1) is 23.7 Å². The smallest absolute Gasteiger partial charge is 0.243 e. The fourth-order valence-corrected chi connectivity index (χ4v) is 4.86. The van der Waals surface area contributed by atoms with E-state index >= 15 is 0 Å². The van der Waals surface area contributed by atoms with Gasteiger partial charge in [-0.2, -0.15) is 0 Å². The molecule has 0 radical (unpaired) electrons. The molecule has 1 aliphatic heterocycles. The molecule has 3 N–H and O–H groups in total. The molecule has 0 aromatic rings. The van der Waals surface area contributed by atoms with Crippen LogP contribution in [0.4, 0.5) is 0 Å². The molecule has 2 rings (SSSR count). The lowest BCUT2D eigenvalue weighted by molar-refractivity contribution is -0.143. The number of hydrogen-bond donors (Lipinski definition) is 3. The number of carbonyl (C=O) groups excluding carboxylic acids is 3. The molecule has 164 valence electrons. The van der Waals surface area contributed by atoms with Crippen LogP contribution in [0.2, 0.25) is 0 Å². The summed E-state index contributed by atoms with van der Waals surface area (Å²) in [6.07, 6.45) is 8.23. The van der Waals surface area contributed by atoms with Gasteiger partial charge in [0, 0.05) is 19.5 Å². The van der Waals surface area contributed by atoms with Gasteiger partial charge < -0.3 is 20.6 Å². The fraction of sp³-hybridized carbons (Fsp3) is 0.773. The van der Waals surface area contributed by atoms with Gasteiger partial charge >= 0.3 is 0 Å². The number of likely N-dealkylation sites (tertiary alicyclic amines) is 1. The predicted octanol–water partition coefficient (Wildman–Crippen LogP) is 1.47. The molecule has 0 spiro atoms. The van der Waals surface area contributed by atoms with Gasteiger partial charge in [-0.05, 0) is 25.2 Å². The summed E-state index contributed by atoms with van der Waals surface area (Å²) in [4.78, 5) is 40.9.